The Bertz CT molecular complexity index is 710. The largest absolute Gasteiger partial charge is 0.449 e. The molecule has 0 aliphatic carbocycles. The van der Waals surface area contributed by atoms with Gasteiger partial charge in [0.2, 0.25) is 0 Å². The molecule has 1 amide bonds. The third-order valence-corrected chi connectivity index (χ3v) is 5.69. The molecule has 1 saturated heterocycles. The van der Waals surface area contributed by atoms with Crippen molar-refractivity contribution in [3.63, 3.8) is 0 Å². The zero-order valence-electron chi connectivity index (χ0n) is 14.0. The van der Waals surface area contributed by atoms with Gasteiger partial charge in [0.15, 0.2) is 6.10 Å². The van der Waals surface area contributed by atoms with Gasteiger partial charge >= 0.3 is 5.97 Å². The van der Waals surface area contributed by atoms with E-state index in [0.717, 1.165) is 42.3 Å². The Hall–Kier alpha value is -1.86. The second-order valence-corrected chi connectivity index (χ2v) is 7.64. The minimum atomic E-state index is -0.746. The molecule has 1 atom stereocenters. The second-order valence-electron chi connectivity index (χ2n) is 5.87. The first-order valence-electron chi connectivity index (χ1n) is 8.23. The topological polar surface area (TPSA) is 59.5 Å². The van der Waals surface area contributed by atoms with E-state index in [1.807, 2.05) is 23.0 Å². The smallest absolute Gasteiger partial charge is 0.338 e. The number of nitrogens with zero attached hydrogens (tertiary/aromatic N) is 2. The zero-order valence-corrected chi connectivity index (χ0v) is 15.6. The van der Waals surface area contributed by atoms with E-state index in [9.17, 15) is 9.59 Å². The lowest BCUT2D eigenvalue weighted by molar-refractivity contribution is -0.138. The van der Waals surface area contributed by atoms with Gasteiger partial charge in [0, 0.05) is 29.1 Å². The van der Waals surface area contributed by atoms with E-state index in [4.69, 9.17) is 4.74 Å². The third kappa shape index (κ3) is 4.83. The van der Waals surface area contributed by atoms with Gasteiger partial charge in [-0.15, -0.1) is 23.1 Å². The number of thioether (sulfide) groups is 1. The van der Waals surface area contributed by atoms with Crippen LogP contribution >= 0.6 is 23.1 Å². The molecule has 0 bridgehead atoms. The first-order valence-corrected chi connectivity index (χ1v) is 10.2. The summed E-state index contributed by atoms with van der Waals surface area (Å²) in [4.78, 5) is 31.5. The summed E-state index contributed by atoms with van der Waals surface area (Å²) in [6.45, 7) is 3.15. The highest BCUT2D eigenvalue weighted by atomic mass is 32.2. The molecule has 3 rings (SSSR count). The van der Waals surface area contributed by atoms with E-state index >= 15 is 0 Å². The fourth-order valence-corrected chi connectivity index (χ4v) is 4.09. The van der Waals surface area contributed by atoms with Crippen molar-refractivity contribution >= 4 is 35.0 Å². The summed E-state index contributed by atoms with van der Waals surface area (Å²) >= 11 is 3.25. The van der Waals surface area contributed by atoms with Crippen molar-refractivity contribution in [1.82, 2.24) is 9.88 Å². The highest BCUT2D eigenvalue weighted by Crippen LogP contribution is 2.23. The number of benzene rings is 1. The van der Waals surface area contributed by atoms with Gasteiger partial charge < -0.3 is 9.64 Å². The molecule has 0 radical (unpaired) electrons. The lowest BCUT2D eigenvalue weighted by atomic mass is 10.2. The SMILES string of the molecule is CC(OC(=O)c1ccc(SCc2cscn2)cc1)C(=O)N1CCCC1. The average molecular weight is 377 g/mol. The minimum absolute atomic E-state index is 0.110. The molecule has 2 heterocycles. The Kier molecular flexibility index (Phi) is 6.09. The Morgan fingerprint density at radius 1 is 1.28 bits per heavy atom. The molecule has 0 saturated carbocycles. The van der Waals surface area contributed by atoms with Gasteiger partial charge in [0.1, 0.15) is 0 Å². The zero-order chi connectivity index (χ0) is 17.6. The van der Waals surface area contributed by atoms with Gasteiger partial charge in [-0.25, -0.2) is 9.78 Å². The standard InChI is InChI=1S/C18H20N2O3S2/c1-13(17(21)20-8-2-3-9-20)23-18(22)14-4-6-16(7-5-14)25-11-15-10-24-12-19-15/h4-7,10,12-13H,2-3,8-9,11H2,1H3. The number of rotatable bonds is 6. The Balaban J connectivity index is 1.52. The van der Waals surface area contributed by atoms with Crippen LogP contribution in [0.15, 0.2) is 40.1 Å². The number of carbonyl (C=O) groups is 2. The van der Waals surface area contributed by atoms with Crippen LogP contribution in [0.25, 0.3) is 0 Å². The van der Waals surface area contributed by atoms with Crippen LogP contribution in [0.1, 0.15) is 35.8 Å². The summed E-state index contributed by atoms with van der Waals surface area (Å²) < 4.78 is 5.32. The molecule has 2 aromatic rings. The molecule has 1 unspecified atom stereocenters. The van der Waals surface area contributed by atoms with Crippen molar-refractivity contribution in [3.8, 4) is 0 Å². The van der Waals surface area contributed by atoms with Crippen molar-refractivity contribution in [3.05, 3.63) is 46.4 Å². The fourth-order valence-electron chi connectivity index (χ4n) is 2.63. The maximum Gasteiger partial charge on any atom is 0.338 e. The molecular weight excluding hydrogens is 356 g/mol. The Morgan fingerprint density at radius 2 is 2.00 bits per heavy atom. The quantitative estimate of drug-likeness (QED) is 0.569. The van der Waals surface area contributed by atoms with E-state index in [1.54, 1.807) is 47.1 Å². The summed E-state index contributed by atoms with van der Waals surface area (Å²) in [7, 11) is 0. The van der Waals surface area contributed by atoms with Crippen LogP contribution in [-0.2, 0) is 15.3 Å². The van der Waals surface area contributed by atoms with Crippen molar-refractivity contribution in [2.75, 3.05) is 13.1 Å². The molecule has 1 aliphatic heterocycles. The highest BCUT2D eigenvalue weighted by Gasteiger charge is 2.26. The summed E-state index contributed by atoms with van der Waals surface area (Å²) in [5, 5.41) is 2.03. The molecule has 0 spiro atoms. The number of carbonyl (C=O) groups excluding carboxylic acids is 2. The number of hydrogen-bond acceptors (Lipinski definition) is 6. The van der Waals surface area contributed by atoms with Crippen molar-refractivity contribution in [2.24, 2.45) is 0 Å². The van der Waals surface area contributed by atoms with Crippen LogP contribution in [0.3, 0.4) is 0 Å². The second kappa shape index (κ2) is 8.49. The van der Waals surface area contributed by atoms with Crippen LogP contribution in [0.5, 0.6) is 0 Å². The van der Waals surface area contributed by atoms with Crippen LogP contribution in [0.2, 0.25) is 0 Å². The Morgan fingerprint density at radius 3 is 2.64 bits per heavy atom. The van der Waals surface area contributed by atoms with Gasteiger partial charge in [0.05, 0.1) is 16.8 Å². The summed E-state index contributed by atoms with van der Waals surface area (Å²) in [6, 6.07) is 7.25. The maximum absolute atomic E-state index is 12.2. The predicted octanol–water partition coefficient (Wildman–Crippen LogP) is 3.60. The molecule has 1 aromatic carbocycles. The summed E-state index contributed by atoms with van der Waals surface area (Å²) in [6.07, 6.45) is 1.29. The van der Waals surface area contributed by atoms with E-state index in [2.05, 4.69) is 4.98 Å². The maximum atomic E-state index is 12.2. The van der Waals surface area contributed by atoms with E-state index in [1.165, 1.54) is 0 Å². The number of ether oxygens (including phenoxy) is 1. The van der Waals surface area contributed by atoms with Gasteiger partial charge in [0.25, 0.3) is 5.91 Å². The molecule has 25 heavy (non-hydrogen) atoms. The van der Waals surface area contributed by atoms with Gasteiger partial charge in [-0.2, -0.15) is 0 Å². The first-order chi connectivity index (χ1) is 12.1. The van der Waals surface area contributed by atoms with Gasteiger partial charge in [-0.3, -0.25) is 4.79 Å². The molecule has 1 aromatic heterocycles. The lowest BCUT2D eigenvalue weighted by Crippen LogP contribution is -2.38. The number of aromatic nitrogens is 1. The first kappa shape index (κ1) is 17.9. The number of amides is 1. The van der Waals surface area contributed by atoms with Gasteiger partial charge in [-0.1, -0.05) is 0 Å². The van der Waals surface area contributed by atoms with Crippen molar-refractivity contribution < 1.29 is 14.3 Å². The molecule has 0 N–H and O–H groups in total. The molecule has 1 fully saturated rings. The number of hydrogen-bond donors (Lipinski definition) is 0. The predicted molar refractivity (Wildman–Crippen MR) is 98.8 cm³/mol. The molecular formula is C18H20N2O3S2. The molecule has 1 aliphatic rings. The van der Waals surface area contributed by atoms with Crippen molar-refractivity contribution in [1.29, 1.82) is 0 Å². The van der Waals surface area contributed by atoms with E-state index < -0.39 is 12.1 Å². The average Bonchev–Trinajstić information content (AvgIpc) is 3.33. The van der Waals surface area contributed by atoms with Crippen molar-refractivity contribution in [2.45, 2.75) is 36.5 Å². The third-order valence-electron chi connectivity index (χ3n) is 4.01. The van der Waals surface area contributed by atoms with Crippen LogP contribution in [0, 0.1) is 0 Å². The fraction of sp³-hybridized carbons (Fsp3) is 0.389. The number of thiazole rings is 1. The molecule has 5 nitrogen and oxygen atoms in total. The molecule has 132 valence electrons. The van der Waals surface area contributed by atoms with Crippen LogP contribution in [0.4, 0.5) is 0 Å². The minimum Gasteiger partial charge on any atom is -0.449 e. The lowest BCUT2D eigenvalue weighted by Gasteiger charge is -2.20. The summed E-state index contributed by atoms with van der Waals surface area (Å²) in [5.41, 5.74) is 3.33. The molecule has 7 heteroatoms. The summed E-state index contributed by atoms with van der Waals surface area (Å²) in [5.74, 6) is 0.228. The number of likely N-dealkylation sites (tertiary alicyclic amines) is 1. The highest BCUT2D eigenvalue weighted by molar-refractivity contribution is 7.98. The normalized spacial score (nSPS) is 15.2. The van der Waals surface area contributed by atoms with E-state index in [-0.39, 0.29) is 5.91 Å². The van der Waals surface area contributed by atoms with Crippen LogP contribution < -0.4 is 0 Å². The monoisotopic (exact) mass is 376 g/mol. The Labute approximate surface area is 155 Å². The van der Waals surface area contributed by atoms with Gasteiger partial charge in [-0.05, 0) is 44.0 Å². The van der Waals surface area contributed by atoms with E-state index in [0.29, 0.717) is 5.56 Å². The number of esters is 1. The van der Waals surface area contributed by atoms with Crippen LogP contribution in [-0.4, -0.2) is 41.0 Å².